The molecule has 9 heteroatoms. The smallest absolute Gasteiger partial charge is 0.276 e. The highest BCUT2D eigenvalue weighted by Crippen LogP contribution is 2.14. The topological polar surface area (TPSA) is 160 Å². The van der Waals surface area contributed by atoms with E-state index < -0.39 is 25.4 Å². The van der Waals surface area contributed by atoms with Gasteiger partial charge in [0.1, 0.15) is 11.0 Å². The third kappa shape index (κ3) is 2.51. The van der Waals surface area contributed by atoms with Gasteiger partial charge in [0, 0.05) is 18.3 Å². The molecule has 2 heterocycles. The molecular formula is C11H17N5O4. The molecule has 0 bridgehead atoms. The lowest BCUT2D eigenvalue weighted by Crippen LogP contribution is -2.54. The largest absolute Gasteiger partial charge is 0.394 e. The number of nitrogen functional groups attached to an aromatic ring is 1. The Balaban J connectivity index is 2.29. The number of nitrogens with zero attached hydrogens (tertiary/aromatic N) is 1. The maximum atomic E-state index is 11.6. The number of fused-ring (bicyclic) bond motifs is 1. The lowest BCUT2D eigenvalue weighted by atomic mass is 10.0. The first kappa shape index (κ1) is 14.5. The average Bonchev–Trinajstić information content (AvgIpc) is 2.84. The van der Waals surface area contributed by atoms with E-state index in [2.05, 4.69) is 20.3 Å². The summed E-state index contributed by atoms with van der Waals surface area (Å²) in [5, 5.41) is 30.5. The van der Waals surface area contributed by atoms with E-state index >= 15 is 0 Å². The Hall–Kier alpha value is -1.94. The summed E-state index contributed by atoms with van der Waals surface area (Å²) in [7, 11) is 0. The van der Waals surface area contributed by atoms with Gasteiger partial charge in [0.15, 0.2) is 0 Å². The van der Waals surface area contributed by atoms with Crippen LogP contribution < -0.4 is 16.6 Å². The van der Waals surface area contributed by atoms with Gasteiger partial charge in [0.25, 0.3) is 5.56 Å². The van der Waals surface area contributed by atoms with Gasteiger partial charge in [-0.15, -0.1) is 0 Å². The van der Waals surface area contributed by atoms with Crippen LogP contribution in [0.25, 0.3) is 11.0 Å². The van der Waals surface area contributed by atoms with Crippen molar-refractivity contribution in [1.82, 2.24) is 20.3 Å². The lowest BCUT2D eigenvalue weighted by Gasteiger charge is -2.28. The zero-order chi connectivity index (χ0) is 14.8. The van der Waals surface area contributed by atoms with Gasteiger partial charge in [0.2, 0.25) is 5.95 Å². The molecule has 0 saturated carbocycles. The Bertz CT molecular complexity index is 638. The molecule has 0 radical (unpaired) electrons. The molecule has 8 N–H and O–H groups in total. The number of nitrogens with two attached hydrogens (primary N) is 1. The number of hydrogen-bond donors (Lipinski definition) is 7. The number of aromatic amines is 2. The highest BCUT2D eigenvalue weighted by Gasteiger charge is 2.27. The second kappa shape index (κ2) is 5.59. The number of aliphatic hydroxyl groups is 3. The molecule has 9 nitrogen and oxygen atoms in total. The molecule has 0 unspecified atom stereocenters. The van der Waals surface area contributed by atoms with Crippen molar-refractivity contribution in [3.63, 3.8) is 0 Å². The minimum absolute atomic E-state index is 0.00101. The van der Waals surface area contributed by atoms with Crippen molar-refractivity contribution in [3.8, 4) is 0 Å². The van der Waals surface area contributed by atoms with Crippen LogP contribution in [-0.2, 0) is 6.54 Å². The fourth-order valence-electron chi connectivity index (χ4n) is 1.82. The summed E-state index contributed by atoms with van der Waals surface area (Å²) in [5.41, 5.74) is 5.25. The molecule has 2 rings (SSSR count). The molecule has 0 aliphatic heterocycles. The molecule has 0 amide bonds. The second-order valence-corrected chi connectivity index (χ2v) is 4.60. The van der Waals surface area contributed by atoms with Gasteiger partial charge in [-0.25, -0.2) is 4.98 Å². The molecule has 110 valence electrons. The van der Waals surface area contributed by atoms with Crippen LogP contribution in [0.3, 0.4) is 0 Å². The maximum absolute atomic E-state index is 11.6. The van der Waals surface area contributed by atoms with Gasteiger partial charge in [-0.2, -0.15) is 0 Å². The lowest BCUT2D eigenvalue weighted by molar-refractivity contribution is 0.0414. The van der Waals surface area contributed by atoms with Crippen molar-refractivity contribution >= 4 is 17.0 Å². The molecule has 0 aromatic carbocycles. The van der Waals surface area contributed by atoms with Crippen molar-refractivity contribution in [2.24, 2.45) is 0 Å². The van der Waals surface area contributed by atoms with Crippen molar-refractivity contribution in [3.05, 3.63) is 22.1 Å². The zero-order valence-corrected chi connectivity index (χ0v) is 10.7. The zero-order valence-electron chi connectivity index (χ0n) is 10.7. The number of hydrogen-bond acceptors (Lipinski definition) is 7. The Labute approximate surface area is 113 Å². The normalized spacial score (nSPS) is 12.2. The van der Waals surface area contributed by atoms with E-state index in [0.29, 0.717) is 16.6 Å². The van der Waals surface area contributed by atoms with Crippen molar-refractivity contribution in [2.75, 3.05) is 25.6 Å². The van der Waals surface area contributed by atoms with Crippen LogP contribution in [0.4, 0.5) is 5.95 Å². The van der Waals surface area contributed by atoms with E-state index in [0.717, 1.165) is 0 Å². The molecule has 0 spiro atoms. The SMILES string of the molecule is Nc1nc2c(CNC(CO)(CO)CO)c[nH]c2c(=O)[nH]1. The average molecular weight is 283 g/mol. The molecule has 0 fully saturated rings. The molecule has 2 aromatic heterocycles. The standard InChI is InChI=1S/C11H17N5O4/c12-10-15-7-6(1-13-8(7)9(20)16-10)2-14-11(3-17,4-18)5-19/h1,13-14,17-19H,2-5H2,(H3,12,15,16,20). The first-order chi connectivity index (χ1) is 9.55. The van der Waals surface area contributed by atoms with Crippen molar-refractivity contribution < 1.29 is 15.3 Å². The van der Waals surface area contributed by atoms with E-state index in [4.69, 9.17) is 5.73 Å². The molecule has 0 aliphatic rings. The van der Waals surface area contributed by atoms with Crippen molar-refractivity contribution in [1.29, 1.82) is 0 Å². The second-order valence-electron chi connectivity index (χ2n) is 4.60. The van der Waals surface area contributed by atoms with Crippen LogP contribution in [0.2, 0.25) is 0 Å². The fourth-order valence-corrected chi connectivity index (χ4v) is 1.82. The number of anilines is 1. The summed E-state index contributed by atoms with van der Waals surface area (Å²) in [6, 6.07) is 0. The van der Waals surface area contributed by atoms with Crippen molar-refractivity contribution in [2.45, 2.75) is 12.1 Å². The van der Waals surface area contributed by atoms with Crippen LogP contribution >= 0.6 is 0 Å². The van der Waals surface area contributed by atoms with Crippen LogP contribution in [-0.4, -0.2) is 55.6 Å². The van der Waals surface area contributed by atoms with Crippen LogP contribution in [0, 0.1) is 0 Å². The molecule has 2 aromatic rings. The van der Waals surface area contributed by atoms with Gasteiger partial charge in [-0.3, -0.25) is 9.78 Å². The third-order valence-electron chi connectivity index (χ3n) is 3.19. The number of nitrogens with one attached hydrogen (secondary N) is 3. The van der Waals surface area contributed by atoms with E-state index in [9.17, 15) is 20.1 Å². The molecular weight excluding hydrogens is 266 g/mol. The Morgan fingerprint density at radius 3 is 2.55 bits per heavy atom. The van der Waals surface area contributed by atoms with E-state index in [-0.39, 0.29) is 18.1 Å². The number of aliphatic hydroxyl groups excluding tert-OH is 3. The summed E-state index contributed by atoms with van der Waals surface area (Å²) in [6.45, 7) is -1.10. The van der Waals surface area contributed by atoms with Gasteiger partial charge >= 0.3 is 0 Å². The Kier molecular flexibility index (Phi) is 4.04. The van der Waals surface area contributed by atoms with E-state index in [1.165, 1.54) is 0 Å². The van der Waals surface area contributed by atoms with Gasteiger partial charge in [-0.05, 0) is 0 Å². The molecule has 0 saturated heterocycles. The van der Waals surface area contributed by atoms with Gasteiger partial charge in [-0.1, -0.05) is 0 Å². The quantitative estimate of drug-likeness (QED) is 0.312. The minimum atomic E-state index is -1.20. The summed E-state index contributed by atoms with van der Waals surface area (Å²) in [6.07, 6.45) is 1.58. The van der Waals surface area contributed by atoms with Crippen LogP contribution in [0.15, 0.2) is 11.0 Å². The third-order valence-corrected chi connectivity index (χ3v) is 3.19. The first-order valence-corrected chi connectivity index (χ1v) is 5.98. The first-order valence-electron chi connectivity index (χ1n) is 5.98. The van der Waals surface area contributed by atoms with Crippen LogP contribution in [0.5, 0.6) is 0 Å². The summed E-state index contributed by atoms with van der Waals surface area (Å²) in [4.78, 5) is 20.8. The minimum Gasteiger partial charge on any atom is -0.394 e. The predicted molar refractivity (Wildman–Crippen MR) is 72.0 cm³/mol. The summed E-state index contributed by atoms with van der Waals surface area (Å²) >= 11 is 0. The highest BCUT2D eigenvalue weighted by molar-refractivity contribution is 5.78. The van der Waals surface area contributed by atoms with Gasteiger partial charge < -0.3 is 31.4 Å². The predicted octanol–water partition coefficient (Wildman–Crippen LogP) is -2.36. The molecule has 0 aliphatic carbocycles. The highest BCUT2D eigenvalue weighted by atomic mass is 16.3. The van der Waals surface area contributed by atoms with E-state index in [1.54, 1.807) is 6.20 Å². The number of H-pyrrole nitrogens is 2. The fraction of sp³-hybridized carbons (Fsp3) is 0.455. The summed E-state index contributed by atoms with van der Waals surface area (Å²) in [5.74, 6) is 0.00101. The van der Waals surface area contributed by atoms with E-state index in [1.807, 2.05) is 0 Å². The molecule has 0 atom stereocenters. The maximum Gasteiger partial charge on any atom is 0.276 e. The number of aromatic nitrogens is 3. The van der Waals surface area contributed by atoms with Gasteiger partial charge in [0.05, 0.1) is 25.4 Å². The monoisotopic (exact) mass is 283 g/mol. The summed E-state index contributed by atoms with van der Waals surface area (Å²) < 4.78 is 0. The molecule has 20 heavy (non-hydrogen) atoms. The Morgan fingerprint density at radius 2 is 1.95 bits per heavy atom. The Morgan fingerprint density at radius 1 is 1.30 bits per heavy atom. The number of rotatable bonds is 6. The van der Waals surface area contributed by atoms with Crippen LogP contribution in [0.1, 0.15) is 5.56 Å².